The maximum Gasteiger partial charge on any atom is 0.162 e. The Bertz CT molecular complexity index is 1350. The molecule has 1 aliphatic rings. The summed E-state index contributed by atoms with van der Waals surface area (Å²) < 4.78 is 7.93. The Labute approximate surface area is 336 Å². The predicted molar refractivity (Wildman–Crippen MR) is 245 cm³/mol. The minimum atomic E-state index is 0.223. The van der Waals surface area contributed by atoms with Crippen molar-refractivity contribution in [3.8, 4) is 5.75 Å². The first kappa shape index (κ1) is 51.2. The predicted octanol–water partition coefficient (Wildman–Crippen LogP) is 13.1. The summed E-state index contributed by atoms with van der Waals surface area (Å²) in [7, 11) is 8.77. The molecule has 2 rings (SSSR count). The van der Waals surface area contributed by atoms with Gasteiger partial charge in [-0.3, -0.25) is 9.46 Å². The third-order valence-electron chi connectivity index (χ3n) is 10.1. The molecular weight excluding hydrogens is 684 g/mol. The van der Waals surface area contributed by atoms with Crippen LogP contribution in [0.5, 0.6) is 5.75 Å². The second-order valence-electron chi connectivity index (χ2n) is 14.7. The fourth-order valence-corrected chi connectivity index (χ4v) is 6.62. The van der Waals surface area contributed by atoms with Gasteiger partial charge in [0, 0.05) is 75.4 Å². The van der Waals surface area contributed by atoms with E-state index >= 15 is 0 Å². The van der Waals surface area contributed by atoms with Crippen LogP contribution < -0.4 is 15.0 Å². The van der Waals surface area contributed by atoms with Crippen LogP contribution in [0.1, 0.15) is 145 Å². The average molecular weight is 767 g/mol. The van der Waals surface area contributed by atoms with E-state index in [0.29, 0.717) is 12.3 Å². The molecule has 1 fully saturated rings. The molecule has 0 bridgehead atoms. The van der Waals surface area contributed by atoms with Crippen LogP contribution in [0.15, 0.2) is 71.1 Å². The van der Waals surface area contributed by atoms with E-state index < -0.39 is 0 Å². The van der Waals surface area contributed by atoms with Gasteiger partial charge in [0.15, 0.2) is 5.78 Å². The van der Waals surface area contributed by atoms with Crippen LogP contribution in [0.25, 0.3) is 0 Å². The number of carbonyl (C=O) groups is 1. The Morgan fingerprint density at radius 2 is 1.56 bits per heavy atom. The van der Waals surface area contributed by atoms with Crippen LogP contribution >= 0.6 is 9.39 Å². The topological polar surface area (TPSA) is 48.1 Å². The molecule has 1 aromatic rings. The largest absolute Gasteiger partial charge is 0.494 e. The molecule has 0 aliphatic carbocycles. The van der Waals surface area contributed by atoms with Gasteiger partial charge < -0.3 is 19.9 Å². The van der Waals surface area contributed by atoms with E-state index in [1.54, 1.807) is 7.11 Å². The molecule has 2 atom stereocenters. The molecule has 0 spiro atoms. The van der Waals surface area contributed by atoms with Crippen LogP contribution in [0.2, 0.25) is 0 Å². The summed E-state index contributed by atoms with van der Waals surface area (Å²) in [4.78, 5) is 17.5. The lowest BCUT2D eigenvalue weighted by molar-refractivity contribution is -0.115. The number of nitrogens with zero attached hydrogens (tertiary/aromatic N) is 3. The van der Waals surface area contributed by atoms with E-state index in [-0.39, 0.29) is 5.78 Å². The van der Waals surface area contributed by atoms with E-state index in [0.717, 1.165) is 93.0 Å². The zero-order valence-corrected chi connectivity index (χ0v) is 38.5. The number of piperazine rings is 1. The number of carbonyl (C=O) groups excluding carboxylic acids is 1. The Morgan fingerprint density at radius 3 is 2.07 bits per heavy atom. The molecule has 2 unspecified atom stereocenters. The highest BCUT2D eigenvalue weighted by molar-refractivity contribution is 7.13. The number of unbranched alkanes of at least 4 members (excludes halogenated alkanes) is 4. The first-order chi connectivity index (χ1) is 25.8. The second kappa shape index (κ2) is 29.5. The van der Waals surface area contributed by atoms with E-state index in [1.165, 1.54) is 60.2 Å². The highest BCUT2D eigenvalue weighted by atomic mass is 31.0. The number of Topliss-reactive ketones (excluding diaryl/α,β-unsaturated/α-hetero) is 1. The molecule has 1 aromatic carbocycles. The summed E-state index contributed by atoms with van der Waals surface area (Å²) in [6.45, 7) is 34.1. The van der Waals surface area contributed by atoms with Gasteiger partial charge in [0.2, 0.25) is 0 Å². The standard InChI is InChI=1S/C27H47NO.C18H30N3OP.C2H6/c1-10-14-15-16-18-26(28(8)9)25(13-4)23(7)20-24(27(29)17-11-2)19-22(6)21(5)12-3;1-5-6-7-15(3)19-18-14(2)12-16(13-17(18)22-4)20-8-10-21(23)11-9-20;1-2/h19-21H,7,10-18H2,1-6,8-9H3;12-13,19H,3,5-11,23H2,1-2,4H3;1-2H3/b22-19-,24-20+,26-25+;;. The molecule has 0 aromatic heterocycles. The van der Waals surface area contributed by atoms with Gasteiger partial charge in [0.25, 0.3) is 0 Å². The Balaban J connectivity index is 0.00000101. The highest BCUT2D eigenvalue weighted by Gasteiger charge is 2.18. The van der Waals surface area contributed by atoms with Crippen molar-refractivity contribution in [2.24, 2.45) is 5.92 Å². The number of aryl methyl sites for hydroxylation is 1. The summed E-state index contributed by atoms with van der Waals surface area (Å²) in [6, 6.07) is 4.39. The molecule has 1 aliphatic heterocycles. The van der Waals surface area contributed by atoms with Crippen molar-refractivity contribution in [3.05, 3.63) is 76.7 Å². The van der Waals surface area contributed by atoms with Gasteiger partial charge in [-0.05, 0) is 93.6 Å². The molecule has 1 N–H and O–H groups in total. The summed E-state index contributed by atoms with van der Waals surface area (Å²) in [5.74, 6) is 1.60. The number of hydrogen-bond acceptors (Lipinski definition) is 6. The number of hydrogen-bond donors (Lipinski definition) is 1. The van der Waals surface area contributed by atoms with Crippen LogP contribution in [-0.2, 0) is 4.79 Å². The minimum Gasteiger partial charge on any atom is -0.494 e. The zero-order chi connectivity index (χ0) is 41.2. The third kappa shape index (κ3) is 18.7. The lowest BCUT2D eigenvalue weighted by atomic mass is 9.92. The molecule has 7 heteroatoms. The zero-order valence-electron chi connectivity index (χ0n) is 37.4. The molecule has 1 heterocycles. The number of ether oxygens (including phenoxy) is 1. The van der Waals surface area contributed by atoms with Gasteiger partial charge in [0.05, 0.1) is 12.8 Å². The fraction of sp³-hybridized carbons (Fsp3) is 0.638. The fourth-order valence-electron chi connectivity index (χ4n) is 6.39. The maximum absolute atomic E-state index is 12.8. The lowest BCUT2D eigenvalue weighted by Gasteiger charge is -2.34. The van der Waals surface area contributed by atoms with Gasteiger partial charge in [-0.1, -0.05) is 115 Å². The van der Waals surface area contributed by atoms with Gasteiger partial charge in [0.1, 0.15) is 5.75 Å². The lowest BCUT2D eigenvalue weighted by Crippen LogP contribution is -2.42. The Morgan fingerprint density at radius 1 is 0.926 bits per heavy atom. The molecule has 1 saturated heterocycles. The van der Waals surface area contributed by atoms with Gasteiger partial charge in [-0.25, -0.2) is 0 Å². The molecule has 0 saturated carbocycles. The molecule has 0 amide bonds. The average Bonchev–Trinajstić information content (AvgIpc) is 3.16. The molecule has 54 heavy (non-hydrogen) atoms. The number of benzene rings is 1. The van der Waals surface area contributed by atoms with E-state index in [1.807, 2.05) is 19.9 Å². The van der Waals surface area contributed by atoms with Crippen molar-refractivity contribution < 1.29 is 9.53 Å². The van der Waals surface area contributed by atoms with Crippen molar-refractivity contribution in [2.45, 2.75) is 146 Å². The first-order valence-electron chi connectivity index (χ1n) is 21.2. The van der Waals surface area contributed by atoms with Crippen molar-refractivity contribution in [3.63, 3.8) is 0 Å². The normalized spacial score (nSPS) is 14.5. The number of anilines is 2. The minimum absolute atomic E-state index is 0.223. The second-order valence-corrected chi connectivity index (χ2v) is 15.4. The van der Waals surface area contributed by atoms with Crippen molar-refractivity contribution in [1.29, 1.82) is 0 Å². The number of methoxy groups -OCH3 is 1. The number of nitrogens with one attached hydrogen (secondary N) is 1. The summed E-state index contributed by atoms with van der Waals surface area (Å²) >= 11 is 0. The molecule has 6 nitrogen and oxygen atoms in total. The van der Waals surface area contributed by atoms with Crippen LogP contribution in [0.3, 0.4) is 0 Å². The SMILES string of the molecule is C=C(/C=C(\C=C(\C)C(C)CC)C(=O)CCC)/C(CC)=C(\CCCCCC)N(C)C.C=C(CCCC)Nc1c(C)cc(N2CCN(P)CC2)cc1OC.CC. The van der Waals surface area contributed by atoms with Crippen LogP contribution in [-0.4, -0.2) is 62.7 Å². The Kier molecular flexibility index (Phi) is 27.9. The summed E-state index contributed by atoms with van der Waals surface area (Å²) in [5.41, 5.74) is 10.2. The number of ketones is 1. The van der Waals surface area contributed by atoms with Gasteiger partial charge in [-0.2, -0.15) is 0 Å². The van der Waals surface area contributed by atoms with Gasteiger partial charge in [-0.15, -0.1) is 0 Å². The summed E-state index contributed by atoms with van der Waals surface area (Å²) in [6.07, 6.45) is 17.0. The van der Waals surface area contributed by atoms with Crippen molar-refractivity contribution >= 4 is 26.5 Å². The monoisotopic (exact) mass is 767 g/mol. The number of allylic oxidation sites excluding steroid dienone is 8. The molecule has 0 radical (unpaired) electrons. The number of rotatable bonds is 22. The van der Waals surface area contributed by atoms with Crippen LogP contribution in [0, 0.1) is 12.8 Å². The van der Waals surface area contributed by atoms with E-state index in [2.05, 4.69) is 130 Å². The van der Waals surface area contributed by atoms with Crippen LogP contribution in [0.4, 0.5) is 11.4 Å². The van der Waals surface area contributed by atoms with Crippen molar-refractivity contribution in [1.82, 2.24) is 9.57 Å². The highest BCUT2D eigenvalue weighted by Crippen LogP contribution is 2.35. The van der Waals surface area contributed by atoms with E-state index in [9.17, 15) is 4.79 Å². The first-order valence-corrected chi connectivity index (χ1v) is 21.7. The maximum atomic E-state index is 12.8. The van der Waals surface area contributed by atoms with Crippen molar-refractivity contribution in [2.75, 3.05) is 57.6 Å². The smallest absolute Gasteiger partial charge is 0.162 e. The molecular formula is C47H83N4O2P. The van der Waals surface area contributed by atoms with E-state index in [4.69, 9.17) is 4.74 Å². The Hall–Kier alpha value is -2.82. The molecule has 308 valence electrons. The van der Waals surface area contributed by atoms with Gasteiger partial charge >= 0.3 is 0 Å². The summed E-state index contributed by atoms with van der Waals surface area (Å²) in [5, 5.41) is 3.45. The third-order valence-corrected chi connectivity index (χ3v) is 10.6. The quantitative estimate of drug-likeness (QED) is 0.0549.